The third kappa shape index (κ3) is 4.24. The zero-order valence-electron chi connectivity index (χ0n) is 9.79. The lowest BCUT2D eigenvalue weighted by atomic mass is 10.1. The van der Waals surface area contributed by atoms with Crippen molar-refractivity contribution in [3.8, 4) is 0 Å². The molecule has 1 atom stereocenters. The van der Waals surface area contributed by atoms with E-state index in [0.717, 1.165) is 18.6 Å². The van der Waals surface area contributed by atoms with Crippen LogP contribution >= 0.6 is 0 Å². The lowest BCUT2D eigenvalue weighted by Gasteiger charge is -2.13. The van der Waals surface area contributed by atoms with Gasteiger partial charge in [0.2, 0.25) is 0 Å². The van der Waals surface area contributed by atoms with Crippen LogP contribution in [0.5, 0.6) is 0 Å². The van der Waals surface area contributed by atoms with Gasteiger partial charge in [0, 0.05) is 6.54 Å². The maximum atomic E-state index is 13.3. The molecule has 4 heteroatoms. The summed E-state index contributed by atoms with van der Waals surface area (Å²) in [5, 5.41) is 12.6. The maximum Gasteiger partial charge on any atom is 0.131 e. The van der Waals surface area contributed by atoms with E-state index in [2.05, 4.69) is 5.32 Å². The minimum atomic E-state index is -1.16. The van der Waals surface area contributed by atoms with E-state index in [-0.39, 0.29) is 12.1 Å². The highest BCUT2D eigenvalue weighted by Crippen LogP contribution is 2.19. The van der Waals surface area contributed by atoms with Crippen molar-refractivity contribution in [1.82, 2.24) is 5.32 Å². The van der Waals surface area contributed by atoms with Crippen molar-refractivity contribution in [2.75, 3.05) is 13.1 Å². The molecule has 0 aliphatic carbocycles. The molecule has 1 aromatic carbocycles. The van der Waals surface area contributed by atoms with Crippen LogP contribution < -0.4 is 5.32 Å². The van der Waals surface area contributed by atoms with Crippen LogP contribution in [0, 0.1) is 11.6 Å². The molecule has 2 N–H and O–H groups in total. The molecule has 0 aromatic heterocycles. The molecule has 0 aliphatic heterocycles. The van der Waals surface area contributed by atoms with Crippen molar-refractivity contribution in [3.63, 3.8) is 0 Å². The molecule has 1 unspecified atom stereocenters. The fourth-order valence-corrected chi connectivity index (χ4v) is 1.52. The Hall–Kier alpha value is -1.26. The largest absolute Gasteiger partial charge is 0.387 e. The van der Waals surface area contributed by atoms with Gasteiger partial charge in [-0.05, 0) is 32.0 Å². The standard InChI is InChI=1S/C13H17F2NO/c1-2-3-4-8-16-9-12(17)13-10(14)6-5-7-11(13)15/h2-3,5-7,12,16-17H,4,8-9H2,1H3/b3-2+. The Balaban J connectivity index is 2.49. The number of allylic oxidation sites excluding steroid dienone is 1. The van der Waals surface area contributed by atoms with Crippen LogP contribution in [0.2, 0.25) is 0 Å². The first kappa shape index (κ1) is 13.8. The molecule has 0 heterocycles. The average molecular weight is 241 g/mol. The van der Waals surface area contributed by atoms with Gasteiger partial charge < -0.3 is 10.4 Å². The topological polar surface area (TPSA) is 32.3 Å². The van der Waals surface area contributed by atoms with Gasteiger partial charge in [0.15, 0.2) is 0 Å². The average Bonchev–Trinajstić information content (AvgIpc) is 2.28. The SMILES string of the molecule is C/C=C/CCNCC(O)c1c(F)cccc1F. The second-order valence-electron chi connectivity index (χ2n) is 3.71. The Morgan fingerprint density at radius 1 is 1.35 bits per heavy atom. The molecule has 17 heavy (non-hydrogen) atoms. The Labute approximate surface area is 100.0 Å². The van der Waals surface area contributed by atoms with Gasteiger partial charge in [-0.15, -0.1) is 0 Å². The van der Waals surface area contributed by atoms with Gasteiger partial charge in [-0.25, -0.2) is 8.78 Å². The molecule has 94 valence electrons. The Morgan fingerprint density at radius 3 is 2.59 bits per heavy atom. The van der Waals surface area contributed by atoms with E-state index in [1.54, 1.807) is 0 Å². The van der Waals surface area contributed by atoms with Gasteiger partial charge in [-0.2, -0.15) is 0 Å². The number of benzene rings is 1. The number of hydrogen-bond donors (Lipinski definition) is 2. The first-order valence-electron chi connectivity index (χ1n) is 5.60. The monoisotopic (exact) mass is 241 g/mol. The number of rotatable bonds is 6. The van der Waals surface area contributed by atoms with Crippen molar-refractivity contribution >= 4 is 0 Å². The fourth-order valence-electron chi connectivity index (χ4n) is 1.52. The summed E-state index contributed by atoms with van der Waals surface area (Å²) in [4.78, 5) is 0. The predicted octanol–water partition coefficient (Wildman–Crippen LogP) is 2.55. The van der Waals surface area contributed by atoms with E-state index in [9.17, 15) is 13.9 Å². The van der Waals surface area contributed by atoms with Gasteiger partial charge in [-0.3, -0.25) is 0 Å². The maximum absolute atomic E-state index is 13.3. The first-order valence-corrected chi connectivity index (χ1v) is 5.60. The minimum Gasteiger partial charge on any atom is -0.387 e. The summed E-state index contributed by atoms with van der Waals surface area (Å²) < 4.78 is 26.6. The van der Waals surface area contributed by atoms with Gasteiger partial charge in [-0.1, -0.05) is 18.2 Å². The highest BCUT2D eigenvalue weighted by atomic mass is 19.1. The molecular formula is C13H17F2NO. The van der Waals surface area contributed by atoms with Crippen molar-refractivity contribution in [2.24, 2.45) is 0 Å². The molecule has 1 aromatic rings. The van der Waals surface area contributed by atoms with Gasteiger partial charge in [0.1, 0.15) is 11.6 Å². The summed E-state index contributed by atoms with van der Waals surface area (Å²) in [5.41, 5.74) is -0.272. The minimum absolute atomic E-state index is 0.134. The normalized spacial score (nSPS) is 13.2. The van der Waals surface area contributed by atoms with Crippen LogP contribution in [0.15, 0.2) is 30.4 Å². The molecule has 0 aliphatic rings. The van der Waals surface area contributed by atoms with E-state index in [1.165, 1.54) is 6.07 Å². The van der Waals surface area contributed by atoms with Crippen molar-refractivity contribution in [2.45, 2.75) is 19.4 Å². The van der Waals surface area contributed by atoms with Crippen LogP contribution in [0.25, 0.3) is 0 Å². The van der Waals surface area contributed by atoms with E-state index < -0.39 is 17.7 Å². The van der Waals surface area contributed by atoms with Crippen LogP contribution in [0.1, 0.15) is 25.0 Å². The second kappa shape index (κ2) is 7.14. The Morgan fingerprint density at radius 2 is 2.00 bits per heavy atom. The highest BCUT2D eigenvalue weighted by molar-refractivity contribution is 5.22. The van der Waals surface area contributed by atoms with Crippen LogP contribution in [-0.2, 0) is 0 Å². The smallest absolute Gasteiger partial charge is 0.131 e. The molecule has 0 fully saturated rings. The quantitative estimate of drug-likeness (QED) is 0.592. The van der Waals surface area contributed by atoms with E-state index >= 15 is 0 Å². The molecule has 0 bridgehead atoms. The molecule has 0 saturated carbocycles. The molecule has 1 rings (SSSR count). The second-order valence-corrected chi connectivity index (χ2v) is 3.71. The third-order valence-electron chi connectivity index (χ3n) is 2.39. The number of aliphatic hydroxyl groups excluding tert-OH is 1. The van der Waals surface area contributed by atoms with Gasteiger partial charge in [0.05, 0.1) is 11.7 Å². The highest BCUT2D eigenvalue weighted by Gasteiger charge is 2.16. The summed E-state index contributed by atoms with van der Waals surface area (Å²) in [6.07, 6.45) is 3.56. The summed E-state index contributed by atoms with van der Waals surface area (Å²) in [5.74, 6) is -1.43. The molecule has 0 spiro atoms. The number of hydrogen-bond acceptors (Lipinski definition) is 2. The van der Waals surface area contributed by atoms with E-state index in [1.807, 2.05) is 19.1 Å². The lowest BCUT2D eigenvalue weighted by Crippen LogP contribution is -2.23. The number of nitrogens with one attached hydrogen (secondary N) is 1. The molecule has 0 amide bonds. The molecule has 0 saturated heterocycles. The Bertz CT molecular complexity index is 359. The lowest BCUT2D eigenvalue weighted by molar-refractivity contribution is 0.165. The van der Waals surface area contributed by atoms with Crippen LogP contribution in [0.4, 0.5) is 8.78 Å². The summed E-state index contributed by atoms with van der Waals surface area (Å²) >= 11 is 0. The van der Waals surface area contributed by atoms with Gasteiger partial charge >= 0.3 is 0 Å². The van der Waals surface area contributed by atoms with E-state index in [0.29, 0.717) is 6.54 Å². The zero-order chi connectivity index (χ0) is 12.7. The summed E-state index contributed by atoms with van der Waals surface area (Å²) in [6, 6.07) is 3.56. The molecule has 0 radical (unpaired) electrons. The molecule has 2 nitrogen and oxygen atoms in total. The van der Waals surface area contributed by atoms with Crippen molar-refractivity contribution in [3.05, 3.63) is 47.5 Å². The zero-order valence-corrected chi connectivity index (χ0v) is 9.79. The number of aliphatic hydroxyl groups is 1. The Kier molecular flexibility index (Phi) is 5.80. The van der Waals surface area contributed by atoms with Crippen LogP contribution in [0.3, 0.4) is 0 Å². The fraction of sp³-hybridized carbons (Fsp3) is 0.385. The number of halogens is 2. The molecular weight excluding hydrogens is 224 g/mol. The van der Waals surface area contributed by atoms with Gasteiger partial charge in [0.25, 0.3) is 0 Å². The predicted molar refractivity (Wildman–Crippen MR) is 63.6 cm³/mol. The summed E-state index contributed by atoms with van der Waals surface area (Å²) in [7, 11) is 0. The summed E-state index contributed by atoms with van der Waals surface area (Å²) in [6.45, 7) is 2.72. The third-order valence-corrected chi connectivity index (χ3v) is 2.39. The van der Waals surface area contributed by atoms with E-state index in [4.69, 9.17) is 0 Å². The van der Waals surface area contributed by atoms with Crippen molar-refractivity contribution in [1.29, 1.82) is 0 Å². The first-order chi connectivity index (χ1) is 8.16. The van der Waals surface area contributed by atoms with Crippen molar-refractivity contribution < 1.29 is 13.9 Å². The van der Waals surface area contributed by atoms with Crippen LogP contribution in [-0.4, -0.2) is 18.2 Å².